The number of hydrogen-bond acceptors (Lipinski definition) is 20. The van der Waals surface area contributed by atoms with E-state index in [4.69, 9.17) is 37.9 Å². The summed E-state index contributed by atoms with van der Waals surface area (Å²) < 4.78 is 43.9. The van der Waals surface area contributed by atoms with E-state index in [-0.39, 0.29) is 75.2 Å². The van der Waals surface area contributed by atoms with E-state index in [9.17, 15) is 38.4 Å². The van der Waals surface area contributed by atoms with Gasteiger partial charge in [-0.2, -0.15) is 47.0 Å². The fourth-order valence-corrected chi connectivity index (χ4v) is 8.00. The highest BCUT2D eigenvalue weighted by Gasteiger charge is 2.38. The molecule has 0 radical (unpaired) electrons. The quantitative estimate of drug-likeness (QED) is 0.0361. The van der Waals surface area contributed by atoms with Crippen LogP contribution in [0, 0.1) is 5.41 Å². The van der Waals surface area contributed by atoms with Gasteiger partial charge in [0, 0.05) is 46.0 Å². The van der Waals surface area contributed by atoms with E-state index in [1.165, 1.54) is 47.0 Å². The lowest BCUT2D eigenvalue weighted by atomic mass is 9.92. The molecule has 0 spiro atoms. The summed E-state index contributed by atoms with van der Waals surface area (Å²) in [5, 5.41) is 0. The van der Waals surface area contributed by atoms with E-state index < -0.39 is 78.1 Å². The van der Waals surface area contributed by atoms with Crippen molar-refractivity contribution in [1.29, 1.82) is 0 Å². The van der Waals surface area contributed by atoms with Gasteiger partial charge in [-0.25, -0.2) is 0 Å². The van der Waals surface area contributed by atoms with Crippen LogP contribution in [0.25, 0.3) is 0 Å². The Kier molecular flexibility index (Phi) is 30.6. The minimum Gasteiger partial charge on any atom is -0.465 e. The van der Waals surface area contributed by atoms with Crippen molar-refractivity contribution < 1.29 is 76.3 Å². The van der Waals surface area contributed by atoms with Crippen LogP contribution in [0.2, 0.25) is 0 Å². The number of esters is 8. The molecule has 0 fully saturated rings. The summed E-state index contributed by atoms with van der Waals surface area (Å²) in [5.74, 6) is -0.875. The Morgan fingerprint density at radius 3 is 0.585 bits per heavy atom. The summed E-state index contributed by atoms with van der Waals surface area (Å²) in [6, 6.07) is 0. The van der Waals surface area contributed by atoms with E-state index in [2.05, 4.69) is 0 Å². The smallest absolute Gasteiger partial charge is 0.307 e. The zero-order valence-electron chi connectivity index (χ0n) is 40.8. The van der Waals surface area contributed by atoms with Gasteiger partial charge >= 0.3 is 47.8 Å². The molecule has 16 nitrogen and oxygen atoms in total. The van der Waals surface area contributed by atoms with Crippen LogP contribution in [0.5, 0.6) is 0 Å². The second-order valence-corrected chi connectivity index (χ2v) is 23.8. The molecule has 0 rings (SSSR count). The molecule has 20 heteroatoms. The van der Waals surface area contributed by atoms with Crippen molar-refractivity contribution in [2.24, 2.45) is 5.41 Å². The van der Waals surface area contributed by atoms with Crippen molar-refractivity contribution in [1.82, 2.24) is 0 Å². The normalized spacial score (nSPS) is 12.1. The molecular weight excluding hydrogens is 925 g/mol. The maximum Gasteiger partial charge on any atom is 0.307 e. The molecule has 0 aromatic carbocycles. The first-order valence-corrected chi connectivity index (χ1v) is 26.4. The molecule has 0 bridgehead atoms. The Labute approximate surface area is 403 Å². The SMILES string of the molecule is CC(C)(C)OC(=O)CCSCCC(=O)OCC(COC(=O)CCSCCC(=O)OC(C)(C)C)(COC(=O)CCSCCC(=O)OC(C)(C)C)COC(=O)CCSCCC(=O)OC(C)(C)C. The molecule has 0 aromatic heterocycles. The summed E-state index contributed by atoms with van der Waals surface area (Å²) in [6.07, 6.45) is 0.520. The summed E-state index contributed by atoms with van der Waals surface area (Å²) in [5.41, 5.74) is -3.94. The number of rotatable bonds is 32. The van der Waals surface area contributed by atoms with E-state index in [0.29, 0.717) is 46.0 Å². The Morgan fingerprint density at radius 2 is 0.431 bits per heavy atom. The largest absolute Gasteiger partial charge is 0.465 e. The molecule has 0 saturated heterocycles. The number of ether oxygens (including phenoxy) is 8. The van der Waals surface area contributed by atoms with Crippen LogP contribution in [0.1, 0.15) is 134 Å². The lowest BCUT2D eigenvalue weighted by Crippen LogP contribution is -2.44. The average molecular weight is 1000 g/mol. The van der Waals surface area contributed by atoms with Gasteiger partial charge in [-0.15, -0.1) is 0 Å². The van der Waals surface area contributed by atoms with Crippen LogP contribution in [-0.2, 0) is 76.3 Å². The first-order chi connectivity index (χ1) is 30.0. The second-order valence-electron chi connectivity index (χ2n) is 18.9. The maximum atomic E-state index is 13.0. The molecule has 0 unspecified atom stereocenters. The third-order valence-electron chi connectivity index (χ3n) is 7.44. The van der Waals surface area contributed by atoms with Gasteiger partial charge in [-0.1, -0.05) is 0 Å². The fourth-order valence-electron chi connectivity index (χ4n) is 4.70. The predicted molar refractivity (Wildman–Crippen MR) is 256 cm³/mol. The molecule has 0 N–H and O–H groups in total. The summed E-state index contributed by atoms with van der Waals surface area (Å²) >= 11 is 5.45. The van der Waals surface area contributed by atoms with Crippen LogP contribution >= 0.6 is 47.0 Å². The Bertz CT molecular complexity index is 1270. The molecule has 0 saturated carbocycles. The molecule has 0 amide bonds. The third kappa shape index (κ3) is 40.0. The molecule has 65 heavy (non-hydrogen) atoms. The summed E-state index contributed by atoms with van der Waals surface area (Å²) in [6.45, 7) is 19.6. The molecule has 0 aliphatic heterocycles. The number of carbonyl (C=O) groups is 8. The van der Waals surface area contributed by atoms with Crippen LogP contribution in [-0.4, -0.2) is 143 Å². The molecule has 0 heterocycles. The van der Waals surface area contributed by atoms with Crippen molar-refractivity contribution in [3.05, 3.63) is 0 Å². The van der Waals surface area contributed by atoms with Crippen LogP contribution in [0.4, 0.5) is 0 Å². The maximum absolute atomic E-state index is 13.0. The van der Waals surface area contributed by atoms with Crippen LogP contribution in [0.15, 0.2) is 0 Å². The van der Waals surface area contributed by atoms with Gasteiger partial charge in [0.25, 0.3) is 0 Å². The second kappa shape index (κ2) is 32.0. The number of carbonyl (C=O) groups excluding carboxylic acids is 8. The van der Waals surface area contributed by atoms with E-state index in [1.807, 2.05) is 0 Å². The van der Waals surface area contributed by atoms with Gasteiger partial charge in [-0.05, 0) is 83.1 Å². The van der Waals surface area contributed by atoms with Crippen molar-refractivity contribution in [2.45, 2.75) is 157 Å². The van der Waals surface area contributed by atoms with E-state index in [1.54, 1.807) is 83.1 Å². The average Bonchev–Trinajstić information content (AvgIpc) is 3.14. The highest BCUT2D eigenvalue weighted by atomic mass is 32.2. The lowest BCUT2D eigenvalue weighted by Gasteiger charge is -2.31. The van der Waals surface area contributed by atoms with Gasteiger partial charge in [0.05, 0.1) is 51.4 Å². The minimum atomic E-state index is -1.50. The predicted octanol–water partition coefficient (Wildman–Crippen LogP) is 7.57. The van der Waals surface area contributed by atoms with E-state index in [0.717, 1.165) is 0 Å². The first kappa shape index (κ1) is 62.2. The Hall–Kier alpha value is -2.84. The highest BCUT2D eigenvalue weighted by Crippen LogP contribution is 2.24. The number of thioether (sulfide) groups is 4. The molecule has 0 aliphatic rings. The standard InChI is InChI=1S/C45H76O16S4/c1-41(2,3)58-37(50)17-25-62-21-13-33(46)54-29-45(30-55-34(47)14-22-63-26-18-38(51)59-42(4,5)6,31-56-35(48)15-23-64-27-19-39(52)60-43(7,8)9)32-57-36(49)16-24-65-28-20-40(53)61-44(10,11)12/h13-32H2,1-12H3. The van der Waals surface area contributed by atoms with Crippen LogP contribution < -0.4 is 0 Å². The zero-order valence-corrected chi connectivity index (χ0v) is 44.1. The fraction of sp³-hybridized carbons (Fsp3) is 0.822. The molecule has 0 atom stereocenters. The Morgan fingerprint density at radius 1 is 0.277 bits per heavy atom. The summed E-state index contributed by atoms with van der Waals surface area (Å²) in [4.78, 5) is 100. The van der Waals surface area contributed by atoms with E-state index >= 15 is 0 Å². The number of hydrogen-bond donors (Lipinski definition) is 0. The minimum absolute atomic E-state index is 0.0318. The first-order valence-electron chi connectivity index (χ1n) is 21.8. The molecule has 0 aromatic rings. The van der Waals surface area contributed by atoms with Gasteiger partial charge in [0.1, 0.15) is 54.2 Å². The van der Waals surface area contributed by atoms with Crippen molar-refractivity contribution in [3.8, 4) is 0 Å². The molecule has 376 valence electrons. The monoisotopic (exact) mass is 1000 g/mol. The van der Waals surface area contributed by atoms with Crippen LogP contribution in [0.3, 0.4) is 0 Å². The van der Waals surface area contributed by atoms with Crippen molar-refractivity contribution in [2.75, 3.05) is 72.5 Å². The molecular formula is C45H76O16S4. The van der Waals surface area contributed by atoms with Gasteiger partial charge in [-0.3, -0.25) is 38.4 Å². The summed E-state index contributed by atoms with van der Waals surface area (Å²) in [7, 11) is 0. The highest BCUT2D eigenvalue weighted by molar-refractivity contribution is 7.99. The zero-order chi connectivity index (χ0) is 49.7. The molecule has 0 aliphatic carbocycles. The van der Waals surface area contributed by atoms with Gasteiger partial charge in [0.2, 0.25) is 0 Å². The van der Waals surface area contributed by atoms with Crippen molar-refractivity contribution >= 4 is 94.8 Å². The lowest BCUT2D eigenvalue weighted by molar-refractivity contribution is -0.170. The third-order valence-corrected chi connectivity index (χ3v) is 11.4. The van der Waals surface area contributed by atoms with Gasteiger partial charge in [0.15, 0.2) is 0 Å². The van der Waals surface area contributed by atoms with Gasteiger partial charge < -0.3 is 37.9 Å². The topological polar surface area (TPSA) is 210 Å². The Balaban J connectivity index is 5.83. The van der Waals surface area contributed by atoms with Crippen molar-refractivity contribution in [3.63, 3.8) is 0 Å².